The highest BCUT2D eigenvalue weighted by Gasteiger charge is 2.17. The number of pyridine rings is 1. The lowest BCUT2D eigenvalue weighted by Crippen LogP contribution is -1.99. The van der Waals surface area contributed by atoms with Crippen molar-refractivity contribution in [3.63, 3.8) is 0 Å². The fourth-order valence-corrected chi connectivity index (χ4v) is 4.48. The van der Waals surface area contributed by atoms with Crippen LogP contribution >= 0.6 is 35.3 Å². The Hall–Kier alpha value is -0.920. The van der Waals surface area contributed by atoms with Crippen molar-refractivity contribution in [1.29, 1.82) is 0 Å². The summed E-state index contributed by atoms with van der Waals surface area (Å²) in [4.78, 5) is 14.7. The first-order valence-electron chi connectivity index (χ1n) is 6.62. The summed E-state index contributed by atoms with van der Waals surface area (Å²) < 4.78 is 0. The van der Waals surface area contributed by atoms with Gasteiger partial charge in [-0.05, 0) is 31.2 Å². The fourth-order valence-electron chi connectivity index (χ4n) is 2.12. The van der Waals surface area contributed by atoms with E-state index in [2.05, 4.69) is 27.9 Å². The van der Waals surface area contributed by atoms with Crippen molar-refractivity contribution < 1.29 is 0 Å². The van der Waals surface area contributed by atoms with E-state index in [0.717, 1.165) is 22.9 Å². The van der Waals surface area contributed by atoms with Crippen molar-refractivity contribution in [2.24, 2.45) is 0 Å². The maximum Gasteiger partial charge on any atom is 0.191 e. The van der Waals surface area contributed by atoms with Crippen LogP contribution in [-0.4, -0.2) is 27.0 Å². The van der Waals surface area contributed by atoms with Crippen LogP contribution in [0.25, 0.3) is 0 Å². The number of aryl methyl sites for hydroxylation is 1. The molecule has 21 heavy (non-hydrogen) atoms. The predicted molar refractivity (Wildman–Crippen MR) is 91.2 cm³/mol. The standard InChI is InChI=1S/C14H16N4S3/c1-8(10-5-9-3-4-20-11(9)7-16-10)21-14-17-12(15)6-13(18-14)19-2/h5-8H,3-4H2,1-2H3,(H2,15,17,18). The van der Waals surface area contributed by atoms with Gasteiger partial charge < -0.3 is 5.73 Å². The molecular formula is C14H16N4S3. The molecule has 3 rings (SSSR count). The van der Waals surface area contributed by atoms with Crippen molar-refractivity contribution >= 4 is 41.1 Å². The van der Waals surface area contributed by atoms with Gasteiger partial charge in [-0.3, -0.25) is 4.98 Å². The first-order valence-corrected chi connectivity index (χ1v) is 9.71. The first-order chi connectivity index (χ1) is 10.2. The minimum Gasteiger partial charge on any atom is -0.384 e. The molecule has 7 heteroatoms. The molecule has 4 nitrogen and oxygen atoms in total. The molecule has 2 N–H and O–H groups in total. The quantitative estimate of drug-likeness (QED) is 0.519. The van der Waals surface area contributed by atoms with Gasteiger partial charge in [-0.25, -0.2) is 9.97 Å². The third-order valence-electron chi connectivity index (χ3n) is 3.21. The number of hydrogen-bond acceptors (Lipinski definition) is 7. The van der Waals surface area contributed by atoms with Gasteiger partial charge in [0.25, 0.3) is 0 Å². The second-order valence-corrected chi connectivity index (χ2v) is 7.96. The van der Waals surface area contributed by atoms with Crippen LogP contribution in [0.5, 0.6) is 0 Å². The summed E-state index contributed by atoms with van der Waals surface area (Å²) in [5.74, 6) is 1.68. The van der Waals surface area contributed by atoms with Gasteiger partial charge in [0, 0.05) is 22.9 Å². The van der Waals surface area contributed by atoms with E-state index in [1.165, 1.54) is 10.5 Å². The summed E-state index contributed by atoms with van der Waals surface area (Å²) in [5, 5.41) is 1.82. The Bertz CT molecular complexity index is 663. The summed E-state index contributed by atoms with van der Waals surface area (Å²) in [6.07, 6.45) is 5.12. The van der Waals surface area contributed by atoms with E-state index in [4.69, 9.17) is 5.73 Å². The molecule has 2 aromatic heterocycles. The smallest absolute Gasteiger partial charge is 0.191 e. The van der Waals surface area contributed by atoms with Crippen LogP contribution in [0.2, 0.25) is 0 Å². The predicted octanol–water partition coefficient (Wildman–Crippen LogP) is 3.68. The lowest BCUT2D eigenvalue weighted by Gasteiger charge is -2.11. The SMILES string of the molecule is CSc1cc(N)nc(SC(C)c2cc3c(cn2)SCC3)n1. The Kier molecular flexibility index (Phi) is 4.61. The van der Waals surface area contributed by atoms with E-state index in [1.54, 1.807) is 29.6 Å². The number of aromatic nitrogens is 3. The van der Waals surface area contributed by atoms with Crippen LogP contribution in [0.1, 0.15) is 23.4 Å². The zero-order valence-corrected chi connectivity index (χ0v) is 14.3. The van der Waals surface area contributed by atoms with Crippen LogP contribution in [0, 0.1) is 0 Å². The highest BCUT2D eigenvalue weighted by atomic mass is 32.2. The van der Waals surface area contributed by atoms with Gasteiger partial charge >= 0.3 is 0 Å². The molecule has 0 amide bonds. The van der Waals surface area contributed by atoms with E-state index in [-0.39, 0.29) is 5.25 Å². The van der Waals surface area contributed by atoms with Gasteiger partial charge in [0.15, 0.2) is 5.16 Å². The Morgan fingerprint density at radius 3 is 3.00 bits per heavy atom. The van der Waals surface area contributed by atoms with Crippen molar-refractivity contribution in [3.05, 3.63) is 29.6 Å². The fraction of sp³-hybridized carbons (Fsp3) is 0.357. The Morgan fingerprint density at radius 2 is 2.19 bits per heavy atom. The molecule has 1 unspecified atom stereocenters. The number of nitrogen functional groups attached to an aromatic ring is 1. The number of thioether (sulfide) groups is 3. The monoisotopic (exact) mass is 336 g/mol. The molecule has 1 aliphatic heterocycles. The number of nitrogens with two attached hydrogens (primary N) is 1. The summed E-state index contributed by atoms with van der Waals surface area (Å²) >= 11 is 5.06. The average molecular weight is 337 g/mol. The van der Waals surface area contributed by atoms with Gasteiger partial charge in [0.05, 0.1) is 10.9 Å². The first kappa shape index (κ1) is 15.0. The van der Waals surface area contributed by atoms with Crippen LogP contribution in [0.3, 0.4) is 0 Å². The molecule has 1 atom stereocenters. The van der Waals surface area contributed by atoms with Crippen molar-refractivity contribution in [3.8, 4) is 0 Å². The van der Waals surface area contributed by atoms with Gasteiger partial charge in [-0.1, -0.05) is 11.8 Å². The second-order valence-electron chi connectivity index (χ2n) is 4.69. The number of hydrogen-bond donors (Lipinski definition) is 1. The minimum absolute atomic E-state index is 0.206. The maximum absolute atomic E-state index is 5.83. The van der Waals surface area contributed by atoms with Gasteiger partial charge in [0.2, 0.25) is 0 Å². The molecule has 0 bridgehead atoms. The van der Waals surface area contributed by atoms with Crippen molar-refractivity contribution in [2.45, 2.75) is 33.7 Å². The van der Waals surface area contributed by atoms with E-state index in [1.807, 2.05) is 24.2 Å². The number of nitrogens with zero attached hydrogens (tertiary/aromatic N) is 3. The Morgan fingerprint density at radius 1 is 1.33 bits per heavy atom. The molecule has 0 saturated carbocycles. The molecule has 110 valence electrons. The molecule has 0 spiro atoms. The number of rotatable bonds is 4. The molecule has 1 aliphatic rings. The number of fused-ring (bicyclic) bond motifs is 1. The van der Waals surface area contributed by atoms with Crippen LogP contribution in [-0.2, 0) is 6.42 Å². The topological polar surface area (TPSA) is 64.7 Å². The maximum atomic E-state index is 5.83. The normalized spacial score (nSPS) is 15.0. The van der Waals surface area contributed by atoms with Gasteiger partial charge in [-0.2, -0.15) is 0 Å². The van der Waals surface area contributed by atoms with E-state index in [9.17, 15) is 0 Å². The highest BCUT2D eigenvalue weighted by molar-refractivity contribution is 8.00. The molecule has 0 aromatic carbocycles. The Balaban J connectivity index is 1.80. The van der Waals surface area contributed by atoms with Crippen molar-refractivity contribution in [2.75, 3.05) is 17.7 Å². The summed E-state index contributed by atoms with van der Waals surface area (Å²) in [6.45, 7) is 2.13. The molecule has 0 radical (unpaired) electrons. The van der Waals surface area contributed by atoms with Crippen LogP contribution in [0.15, 0.2) is 33.4 Å². The van der Waals surface area contributed by atoms with Crippen LogP contribution < -0.4 is 5.73 Å². The third kappa shape index (κ3) is 3.46. The minimum atomic E-state index is 0.206. The molecular weight excluding hydrogens is 320 g/mol. The van der Waals surface area contributed by atoms with E-state index in [0.29, 0.717) is 11.0 Å². The number of anilines is 1. The van der Waals surface area contributed by atoms with Gasteiger partial charge in [-0.15, -0.1) is 23.5 Å². The molecule has 2 aromatic rings. The average Bonchev–Trinajstić information content (AvgIpc) is 2.93. The highest BCUT2D eigenvalue weighted by Crippen LogP contribution is 2.36. The molecule has 0 aliphatic carbocycles. The van der Waals surface area contributed by atoms with Gasteiger partial charge in [0.1, 0.15) is 10.8 Å². The lowest BCUT2D eigenvalue weighted by molar-refractivity contribution is 0.885. The summed E-state index contributed by atoms with van der Waals surface area (Å²) in [5.41, 5.74) is 8.32. The second kappa shape index (κ2) is 6.46. The summed E-state index contributed by atoms with van der Waals surface area (Å²) in [7, 11) is 0. The van der Waals surface area contributed by atoms with E-state index < -0.39 is 0 Å². The molecule has 0 fully saturated rings. The van der Waals surface area contributed by atoms with E-state index >= 15 is 0 Å². The zero-order valence-electron chi connectivity index (χ0n) is 11.9. The lowest BCUT2D eigenvalue weighted by atomic mass is 10.1. The van der Waals surface area contributed by atoms with Crippen molar-refractivity contribution in [1.82, 2.24) is 15.0 Å². The van der Waals surface area contributed by atoms with Crippen LogP contribution in [0.4, 0.5) is 5.82 Å². The zero-order chi connectivity index (χ0) is 14.8. The molecule has 0 saturated heterocycles. The Labute approximate surface area is 137 Å². The molecule has 3 heterocycles. The third-order valence-corrected chi connectivity index (χ3v) is 5.91. The largest absolute Gasteiger partial charge is 0.384 e. The summed E-state index contributed by atoms with van der Waals surface area (Å²) in [6, 6.07) is 4.01.